The van der Waals surface area contributed by atoms with Gasteiger partial charge in [0.25, 0.3) is 5.91 Å². The van der Waals surface area contributed by atoms with Crippen molar-refractivity contribution in [1.29, 1.82) is 0 Å². The molecule has 0 radical (unpaired) electrons. The Morgan fingerprint density at radius 2 is 2.00 bits per heavy atom. The SMILES string of the molecule is COc1cc(C(=O)NCC2CN(C(=O)OC(C)(C)C)C2)ccc1N. The third-order valence-corrected chi connectivity index (χ3v) is 3.66. The van der Waals surface area contributed by atoms with Crippen molar-refractivity contribution in [1.82, 2.24) is 10.2 Å². The quantitative estimate of drug-likeness (QED) is 0.819. The number of hydrogen-bond donors (Lipinski definition) is 2. The highest BCUT2D eigenvalue weighted by atomic mass is 16.6. The third-order valence-electron chi connectivity index (χ3n) is 3.66. The summed E-state index contributed by atoms with van der Waals surface area (Å²) in [6.07, 6.45) is -0.312. The fraction of sp³-hybridized carbons (Fsp3) is 0.529. The van der Waals surface area contributed by atoms with E-state index in [1.165, 1.54) is 7.11 Å². The van der Waals surface area contributed by atoms with Gasteiger partial charge in [-0.3, -0.25) is 4.79 Å². The molecule has 0 aromatic heterocycles. The van der Waals surface area contributed by atoms with Crippen LogP contribution in [0, 0.1) is 5.92 Å². The molecule has 1 aliphatic rings. The number of nitrogens with zero attached hydrogens (tertiary/aromatic N) is 1. The van der Waals surface area contributed by atoms with E-state index in [0.717, 1.165) is 0 Å². The first-order valence-corrected chi connectivity index (χ1v) is 7.89. The monoisotopic (exact) mass is 335 g/mol. The Labute approximate surface area is 142 Å². The highest BCUT2D eigenvalue weighted by Gasteiger charge is 2.33. The maximum Gasteiger partial charge on any atom is 0.410 e. The Bertz CT molecular complexity index is 619. The molecule has 2 rings (SSSR count). The van der Waals surface area contributed by atoms with Crippen LogP contribution in [-0.2, 0) is 4.74 Å². The highest BCUT2D eigenvalue weighted by Crippen LogP contribution is 2.22. The van der Waals surface area contributed by atoms with E-state index >= 15 is 0 Å². The van der Waals surface area contributed by atoms with Crippen LogP contribution in [0.3, 0.4) is 0 Å². The van der Waals surface area contributed by atoms with Crippen molar-refractivity contribution in [3.8, 4) is 5.75 Å². The van der Waals surface area contributed by atoms with Crippen molar-refractivity contribution in [3.63, 3.8) is 0 Å². The molecule has 24 heavy (non-hydrogen) atoms. The molecular weight excluding hydrogens is 310 g/mol. The van der Waals surface area contributed by atoms with Gasteiger partial charge in [-0.05, 0) is 39.0 Å². The van der Waals surface area contributed by atoms with Crippen LogP contribution in [0.2, 0.25) is 0 Å². The summed E-state index contributed by atoms with van der Waals surface area (Å²) in [7, 11) is 1.51. The lowest BCUT2D eigenvalue weighted by Crippen LogP contribution is -2.54. The second-order valence-corrected chi connectivity index (χ2v) is 6.92. The van der Waals surface area contributed by atoms with Crippen LogP contribution in [0.5, 0.6) is 5.75 Å². The summed E-state index contributed by atoms with van der Waals surface area (Å²) >= 11 is 0. The van der Waals surface area contributed by atoms with Gasteiger partial charge in [0.2, 0.25) is 0 Å². The number of carbonyl (C=O) groups excluding carboxylic acids is 2. The molecule has 3 N–H and O–H groups in total. The topological polar surface area (TPSA) is 93.9 Å². The molecule has 7 heteroatoms. The van der Waals surface area contributed by atoms with Gasteiger partial charge in [-0.2, -0.15) is 0 Å². The van der Waals surface area contributed by atoms with Crippen LogP contribution >= 0.6 is 0 Å². The molecule has 1 aliphatic heterocycles. The summed E-state index contributed by atoms with van der Waals surface area (Å²) in [6, 6.07) is 4.90. The van der Waals surface area contributed by atoms with E-state index in [0.29, 0.717) is 36.6 Å². The number of ether oxygens (including phenoxy) is 2. The third kappa shape index (κ3) is 4.53. The first-order chi connectivity index (χ1) is 11.2. The minimum absolute atomic E-state index is 0.191. The normalized spacial score (nSPS) is 14.8. The zero-order valence-electron chi connectivity index (χ0n) is 14.6. The molecule has 1 aromatic rings. The Morgan fingerprint density at radius 3 is 2.58 bits per heavy atom. The predicted molar refractivity (Wildman–Crippen MR) is 91.0 cm³/mol. The maximum atomic E-state index is 12.2. The molecule has 7 nitrogen and oxygen atoms in total. The standard InChI is InChI=1S/C17H25N3O4/c1-17(2,3)24-16(22)20-9-11(10-20)8-19-15(21)12-5-6-13(18)14(7-12)23-4/h5-7,11H,8-10,18H2,1-4H3,(H,19,21). The van der Waals surface area contributed by atoms with E-state index < -0.39 is 5.60 Å². The highest BCUT2D eigenvalue weighted by molar-refractivity contribution is 5.95. The minimum atomic E-state index is -0.495. The molecule has 0 bridgehead atoms. The van der Waals surface area contributed by atoms with Gasteiger partial charge in [-0.15, -0.1) is 0 Å². The zero-order valence-corrected chi connectivity index (χ0v) is 14.6. The molecular formula is C17H25N3O4. The van der Waals surface area contributed by atoms with Gasteiger partial charge < -0.3 is 25.4 Å². The molecule has 1 saturated heterocycles. The predicted octanol–water partition coefficient (Wildman–Crippen LogP) is 1.87. The Balaban J connectivity index is 1.77. The first kappa shape index (κ1) is 17.9. The van der Waals surface area contributed by atoms with E-state index in [2.05, 4.69) is 5.32 Å². The number of nitrogen functional groups attached to an aromatic ring is 1. The molecule has 0 unspecified atom stereocenters. The number of carbonyl (C=O) groups is 2. The van der Waals surface area contributed by atoms with Crippen molar-refractivity contribution in [3.05, 3.63) is 23.8 Å². The number of rotatable bonds is 4. The van der Waals surface area contributed by atoms with Crippen LogP contribution in [0.25, 0.3) is 0 Å². The van der Waals surface area contributed by atoms with Crippen LogP contribution in [-0.4, -0.2) is 49.2 Å². The fourth-order valence-electron chi connectivity index (χ4n) is 2.37. The van der Waals surface area contributed by atoms with E-state index in [1.54, 1.807) is 23.1 Å². The van der Waals surface area contributed by atoms with Gasteiger partial charge in [0.1, 0.15) is 11.4 Å². The van der Waals surface area contributed by atoms with E-state index in [4.69, 9.17) is 15.2 Å². The smallest absolute Gasteiger partial charge is 0.410 e. The zero-order chi connectivity index (χ0) is 17.9. The van der Waals surface area contributed by atoms with E-state index in [9.17, 15) is 9.59 Å². The summed E-state index contributed by atoms with van der Waals surface area (Å²) in [6.45, 7) is 7.18. The van der Waals surface area contributed by atoms with Gasteiger partial charge in [-0.1, -0.05) is 0 Å². The van der Waals surface area contributed by atoms with Gasteiger partial charge >= 0.3 is 6.09 Å². The van der Waals surface area contributed by atoms with Crippen LogP contribution in [0.4, 0.5) is 10.5 Å². The largest absolute Gasteiger partial charge is 0.495 e. The molecule has 1 fully saturated rings. The molecule has 2 amide bonds. The van der Waals surface area contributed by atoms with Crippen molar-refractivity contribution in [2.24, 2.45) is 5.92 Å². The molecule has 0 spiro atoms. The van der Waals surface area contributed by atoms with Crippen LogP contribution in [0.1, 0.15) is 31.1 Å². The van der Waals surface area contributed by atoms with Crippen LogP contribution in [0.15, 0.2) is 18.2 Å². The molecule has 1 heterocycles. The molecule has 0 atom stereocenters. The Morgan fingerprint density at radius 1 is 1.33 bits per heavy atom. The second kappa shape index (κ2) is 6.98. The van der Waals surface area contributed by atoms with Crippen molar-refractivity contribution >= 4 is 17.7 Å². The Kier molecular flexibility index (Phi) is 5.21. The van der Waals surface area contributed by atoms with Gasteiger partial charge in [0, 0.05) is 31.1 Å². The van der Waals surface area contributed by atoms with E-state index in [-0.39, 0.29) is 17.9 Å². The average Bonchev–Trinajstić information content (AvgIpc) is 2.43. The second-order valence-electron chi connectivity index (χ2n) is 6.92. The molecule has 132 valence electrons. The van der Waals surface area contributed by atoms with Crippen molar-refractivity contribution in [2.75, 3.05) is 32.5 Å². The fourth-order valence-corrected chi connectivity index (χ4v) is 2.37. The van der Waals surface area contributed by atoms with Crippen molar-refractivity contribution in [2.45, 2.75) is 26.4 Å². The number of nitrogens with two attached hydrogens (primary N) is 1. The number of likely N-dealkylation sites (tertiary alicyclic amines) is 1. The lowest BCUT2D eigenvalue weighted by molar-refractivity contribution is -0.000533. The van der Waals surface area contributed by atoms with Gasteiger partial charge in [0.05, 0.1) is 12.8 Å². The number of anilines is 1. The maximum absolute atomic E-state index is 12.2. The minimum Gasteiger partial charge on any atom is -0.495 e. The summed E-state index contributed by atoms with van der Waals surface area (Å²) < 4.78 is 10.4. The number of methoxy groups -OCH3 is 1. The summed E-state index contributed by atoms with van der Waals surface area (Å²) in [5, 5.41) is 2.87. The molecule has 0 aliphatic carbocycles. The first-order valence-electron chi connectivity index (χ1n) is 7.89. The average molecular weight is 335 g/mol. The molecule has 0 saturated carbocycles. The number of hydrogen-bond acceptors (Lipinski definition) is 5. The van der Waals surface area contributed by atoms with Gasteiger partial charge in [0.15, 0.2) is 0 Å². The summed E-state index contributed by atoms with van der Waals surface area (Å²) in [5.74, 6) is 0.517. The van der Waals surface area contributed by atoms with Crippen LogP contribution < -0.4 is 15.8 Å². The number of amides is 2. The summed E-state index contributed by atoms with van der Waals surface area (Å²) in [4.78, 5) is 25.6. The number of benzene rings is 1. The lowest BCUT2D eigenvalue weighted by atomic mass is 10.0. The molecule has 1 aromatic carbocycles. The lowest BCUT2D eigenvalue weighted by Gasteiger charge is -2.39. The van der Waals surface area contributed by atoms with Crippen molar-refractivity contribution < 1.29 is 19.1 Å². The number of nitrogens with one attached hydrogen (secondary N) is 1. The van der Waals surface area contributed by atoms with Gasteiger partial charge in [-0.25, -0.2) is 4.79 Å². The Hall–Kier alpha value is -2.44. The van der Waals surface area contributed by atoms with E-state index in [1.807, 2.05) is 20.8 Å². The summed E-state index contributed by atoms with van der Waals surface area (Å²) in [5.41, 5.74) is 6.22.